The molecule has 0 radical (unpaired) electrons. The van der Waals surface area contributed by atoms with Gasteiger partial charge in [0, 0.05) is 18.5 Å². The third kappa shape index (κ3) is 5.39. The largest absolute Gasteiger partial charge is 0.449 e. The van der Waals surface area contributed by atoms with Gasteiger partial charge in [0.1, 0.15) is 6.61 Å². The molecule has 0 heterocycles. The number of hydrogen-bond donors (Lipinski definition) is 3. The lowest BCUT2D eigenvalue weighted by Crippen LogP contribution is -2.43. The standard InChI is InChI=1S/C24H31N3O3/c1-16(2)27-23(28)22(25)13-7-8-14-26-24(29)30-15-21-19-11-5-3-9-17(19)18-10-4-6-12-20(18)21/h3-6,9-12,16,21-22H,7-8,13-15,25H2,1-2H3,(H,26,29)(H,27,28)/t22-/m0/s1. The lowest BCUT2D eigenvalue weighted by molar-refractivity contribution is -0.123. The number of nitrogens with two attached hydrogens (primary N) is 1. The molecule has 0 aromatic heterocycles. The molecule has 6 heteroatoms. The molecule has 2 aromatic carbocycles. The molecular formula is C24H31N3O3. The predicted molar refractivity (Wildman–Crippen MR) is 118 cm³/mol. The van der Waals surface area contributed by atoms with Crippen LogP contribution < -0.4 is 16.4 Å². The van der Waals surface area contributed by atoms with Crippen LogP contribution in [0.3, 0.4) is 0 Å². The van der Waals surface area contributed by atoms with E-state index >= 15 is 0 Å². The van der Waals surface area contributed by atoms with Gasteiger partial charge in [-0.3, -0.25) is 4.79 Å². The van der Waals surface area contributed by atoms with E-state index in [0.717, 1.165) is 12.8 Å². The number of benzene rings is 2. The van der Waals surface area contributed by atoms with Crippen molar-refractivity contribution in [2.45, 2.75) is 51.1 Å². The van der Waals surface area contributed by atoms with Crippen LogP contribution in [0.5, 0.6) is 0 Å². The first-order chi connectivity index (χ1) is 14.5. The van der Waals surface area contributed by atoms with Gasteiger partial charge < -0.3 is 21.1 Å². The van der Waals surface area contributed by atoms with E-state index < -0.39 is 12.1 Å². The molecule has 1 aliphatic carbocycles. The Bertz CT molecular complexity index is 836. The Kier molecular flexibility index (Phi) is 7.46. The van der Waals surface area contributed by atoms with Crippen LogP contribution in [-0.4, -0.2) is 37.2 Å². The monoisotopic (exact) mass is 409 g/mol. The van der Waals surface area contributed by atoms with Crippen molar-refractivity contribution in [2.24, 2.45) is 5.73 Å². The molecule has 0 spiro atoms. The van der Waals surface area contributed by atoms with Crippen molar-refractivity contribution in [1.82, 2.24) is 10.6 Å². The zero-order valence-corrected chi connectivity index (χ0v) is 17.7. The summed E-state index contributed by atoms with van der Waals surface area (Å²) in [5.41, 5.74) is 10.7. The molecule has 4 N–H and O–H groups in total. The number of hydrogen-bond acceptors (Lipinski definition) is 4. The number of alkyl carbamates (subject to hydrolysis) is 1. The fourth-order valence-corrected chi connectivity index (χ4v) is 3.85. The van der Waals surface area contributed by atoms with Gasteiger partial charge in [0.15, 0.2) is 0 Å². The molecule has 0 unspecified atom stereocenters. The van der Waals surface area contributed by atoms with E-state index in [1.807, 2.05) is 38.1 Å². The Labute approximate surface area is 178 Å². The zero-order chi connectivity index (χ0) is 21.5. The molecule has 0 saturated heterocycles. The number of unbranched alkanes of at least 4 members (excludes halogenated alkanes) is 1. The lowest BCUT2D eigenvalue weighted by atomic mass is 9.98. The maximum atomic E-state index is 12.1. The van der Waals surface area contributed by atoms with E-state index in [1.165, 1.54) is 22.3 Å². The van der Waals surface area contributed by atoms with Gasteiger partial charge in [-0.05, 0) is 55.4 Å². The second-order valence-electron chi connectivity index (χ2n) is 8.02. The van der Waals surface area contributed by atoms with E-state index in [-0.39, 0.29) is 17.9 Å². The van der Waals surface area contributed by atoms with Crippen LogP contribution in [0.4, 0.5) is 4.79 Å². The van der Waals surface area contributed by atoms with Crippen LogP contribution in [-0.2, 0) is 9.53 Å². The van der Waals surface area contributed by atoms with Crippen molar-refractivity contribution < 1.29 is 14.3 Å². The van der Waals surface area contributed by atoms with E-state index in [2.05, 4.69) is 34.9 Å². The fraction of sp³-hybridized carbons (Fsp3) is 0.417. The average Bonchev–Trinajstić information content (AvgIpc) is 3.05. The van der Waals surface area contributed by atoms with Gasteiger partial charge in [-0.15, -0.1) is 0 Å². The molecule has 30 heavy (non-hydrogen) atoms. The van der Waals surface area contributed by atoms with Crippen molar-refractivity contribution in [3.63, 3.8) is 0 Å². The number of amides is 2. The molecule has 0 saturated carbocycles. The molecule has 2 aromatic rings. The number of carbonyl (C=O) groups excluding carboxylic acids is 2. The van der Waals surface area contributed by atoms with Gasteiger partial charge >= 0.3 is 6.09 Å². The molecule has 0 bridgehead atoms. The van der Waals surface area contributed by atoms with E-state index in [4.69, 9.17) is 10.5 Å². The summed E-state index contributed by atoms with van der Waals surface area (Å²) in [6.07, 6.45) is 1.67. The van der Waals surface area contributed by atoms with Crippen LogP contribution in [0.1, 0.15) is 50.2 Å². The van der Waals surface area contributed by atoms with E-state index in [1.54, 1.807) is 0 Å². The van der Waals surface area contributed by atoms with Crippen LogP contribution in [0, 0.1) is 0 Å². The Morgan fingerprint density at radius 2 is 1.60 bits per heavy atom. The molecule has 0 aliphatic heterocycles. The summed E-state index contributed by atoms with van der Waals surface area (Å²) in [5, 5.41) is 5.59. The van der Waals surface area contributed by atoms with Gasteiger partial charge in [-0.2, -0.15) is 0 Å². The number of fused-ring (bicyclic) bond motifs is 3. The van der Waals surface area contributed by atoms with Crippen molar-refractivity contribution in [3.8, 4) is 11.1 Å². The molecule has 6 nitrogen and oxygen atoms in total. The summed E-state index contributed by atoms with van der Waals surface area (Å²) in [6, 6.07) is 16.1. The minimum absolute atomic E-state index is 0.0561. The number of rotatable bonds is 9. The molecular weight excluding hydrogens is 378 g/mol. The van der Waals surface area contributed by atoms with Gasteiger partial charge in [0.25, 0.3) is 0 Å². The van der Waals surface area contributed by atoms with Gasteiger partial charge in [0.05, 0.1) is 6.04 Å². The second-order valence-corrected chi connectivity index (χ2v) is 8.02. The molecule has 1 atom stereocenters. The number of nitrogens with one attached hydrogen (secondary N) is 2. The summed E-state index contributed by atoms with van der Waals surface area (Å²) in [4.78, 5) is 23.9. The highest BCUT2D eigenvalue weighted by Crippen LogP contribution is 2.44. The lowest BCUT2D eigenvalue weighted by Gasteiger charge is -2.15. The minimum atomic E-state index is -0.512. The first kappa shape index (κ1) is 21.8. The molecule has 1 aliphatic rings. The third-order valence-corrected chi connectivity index (χ3v) is 5.32. The first-order valence-electron chi connectivity index (χ1n) is 10.6. The summed E-state index contributed by atoms with van der Waals surface area (Å²) in [5.74, 6) is -0.0740. The average molecular weight is 410 g/mol. The highest BCUT2D eigenvalue weighted by molar-refractivity contribution is 5.81. The summed E-state index contributed by atoms with van der Waals surface area (Å²) in [7, 11) is 0. The van der Waals surface area contributed by atoms with Crippen LogP contribution in [0.15, 0.2) is 48.5 Å². The molecule has 160 valence electrons. The molecule has 0 fully saturated rings. The topological polar surface area (TPSA) is 93.5 Å². The predicted octanol–water partition coefficient (Wildman–Crippen LogP) is 3.55. The van der Waals surface area contributed by atoms with Gasteiger partial charge in [-0.25, -0.2) is 4.79 Å². The smallest absolute Gasteiger partial charge is 0.407 e. The van der Waals surface area contributed by atoms with E-state index in [9.17, 15) is 9.59 Å². The van der Waals surface area contributed by atoms with Crippen molar-refractivity contribution in [1.29, 1.82) is 0 Å². The quantitative estimate of drug-likeness (QED) is 0.552. The van der Waals surface area contributed by atoms with Crippen molar-refractivity contribution >= 4 is 12.0 Å². The SMILES string of the molecule is CC(C)NC(=O)[C@@H](N)CCCCNC(=O)OCC1c2ccccc2-c2ccccc21. The van der Waals surface area contributed by atoms with Gasteiger partial charge in [0.2, 0.25) is 5.91 Å². The van der Waals surface area contributed by atoms with Crippen LogP contribution in [0.25, 0.3) is 11.1 Å². The zero-order valence-electron chi connectivity index (χ0n) is 17.7. The number of ether oxygens (including phenoxy) is 1. The fourth-order valence-electron chi connectivity index (χ4n) is 3.85. The maximum Gasteiger partial charge on any atom is 0.407 e. The van der Waals surface area contributed by atoms with Crippen LogP contribution in [0.2, 0.25) is 0 Å². The highest BCUT2D eigenvalue weighted by atomic mass is 16.5. The van der Waals surface area contributed by atoms with Crippen LogP contribution >= 0.6 is 0 Å². The van der Waals surface area contributed by atoms with Crippen molar-refractivity contribution in [3.05, 3.63) is 59.7 Å². The Balaban J connectivity index is 1.40. The highest BCUT2D eigenvalue weighted by Gasteiger charge is 2.28. The Morgan fingerprint density at radius 1 is 1.00 bits per heavy atom. The molecule has 2 amide bonds. The van der Waals surface area contributed by atoms with Crippen molar-refractivity contribution in [2.75, 3.05) is 13.2 Å². The summed E-state index contributed by atoms with van der Waals surface area (Å²) in [6.45, 7) is 4.61. The minimum Gasteiger partial charge on any atom is -0.449 e. The molecule has 3 rings (SSSR count). The van der Waals surface area contributed by atoms with Gasteiger partial charge in [-0.1, -0.05) is 48.5 Å². The Hall–Kier alpha value is -2.86. The summed E-state index contributed by atoms with van der Waals surface area (Å²) < 4.78 is 5.51. The second kappa shape index (κ2) is 10.3. The third-order valence-electron chi connectivity index (χ3n) is 5.32. The summed E-state index contributed by atoms with van der Waals surface area (Å²) >= 11 is 0. The maximum absolute atomic E-state index is 12.1. The van der Waals surface area contributed by atoms with E-state index in [0.29, 0.717) is 19.6 Å². The number of carbonyl (C=O) groups is 2. The Morgan fingerprint density at radius 3 is 2.20 bits per heavy atom. The first-order valence-corrected chi connectivity index (χ1v) is 10.6. The normalized spacial score (nSPS) is 13.5.